The Labute approximate surface area is 479 Å². The van der Waals surface area contributed by atoms with Crippen LogP contribution in [0.4, 0.5) is 39.5 Å². The average Bonchev–Trinajstić information content (AvgIpc) is 4.32. The van der Waals surface area contributed by atoms with Crippen LogP contribution in [0.1, 0.15) is 65.3 Å². The molecule has 3 amide bonds. The Hall–Kier alpha value is -6.11. The van der Waals surface area contributed by atoms with E-state index < -0.39 is 46.4 Å². The number of carboxylic acid groups (broad SMARTS) is 1. The second kappa shape index (κ2) is 24.8. The summed E-state index contributed by atoms with van der Waals surface area (Å²) in [6.45, 7) is 9.74. The summed E-state index contributed by atoms with van der Waals surface area (Å²) in [6.07, 6.45) is -9.86. The number of fused-ring (bicyclic) bond motifs is 3. The highest BCUT2D eigenvalue weighted by atomic mass is 35.5. The van der Waals surface area contributed by atoms with Gasteiger partial charge in [0, 0.05) is 128 Å². The van der Waals surface area contributed by atoms with Gasteiger partial charge in [0.1, 0.15) is 4.88 Å². The fourth-order valence-electron chi connectivity index (χ4n) is 8.98. The molecule has 8 aromatic rings. The molecule has 12 rings (SSSR count). The number of thiazole rings is 2. The maximum Gasteiger partial charge on any atom is 0.416 e. The fourth-order valence-corrected chi connectivity index (χ4v) is 13.3. The molecular weight excluding hydrogens is 1200 g/mol. The fraction of sp³-hybridized carbons (Fsp3) is 0.327. The zero-order chi connectivity index (χ0) is 58.0. The van der Waals surface area contributed by atoms with E-state index in [1.807, 2.05) is 15.2 Å². The monoisotopic (exact) mass is 1240 g/mol. The zero-order valence-electron chi connectivity index (χ0n) is 41.8. The Morgan fingerprint density at radius 2 is 0.889 bits per heavy atom. The topological polar surface area (TPSA) is 160 Å². The number of nitrogens with zero attached hydrogens (tertiary/aromatic N) is 7. The van der Waals surface area contributed by atoms with E-state index in [2.05, 4.69) is 25.1 Å². The standard InChI is InChI=1S/C21H19F3N4O2S2.C11H16N4OS.C10H4ClF3OS.C10H5F3O2S/c22-21(23,24)14-2-1-13-9-17(32-16(13)10-14)19(29)28-11-15(12-28)26-4-6-27(7-5-26)20(30)18-25-3-8-31-18;16-11(10-13-1-6-17-10)15-4-2-14(3-5-15)9-7-12-8-9;11-9(15)8-3-5-1-2-6(10(12,13)14)4-7(5)16-8;11-10(12,13)6-2-1-5-3-8(9(14)15)16-7(5)4-6/h1-3,8-10,15H,4-7,11-12H2;1,6,9,12H,2-5,7-8H2;1-4H;1-4H,(H,14,15). The van der Waals surface area contributed by atoms with Crippen LogP contribution in [0.25, 0.3) is 30.3 Å². The summed E-state index contributed by atoms with van der Waals surface area (Å²) >= 11 is 10.9. The third-order valence-corrected chi connectivity index (χ3v) is 18.6. The summed E-state index contributed by atoms with van der Waals surface area (Å²) < 4.78 is 114. The lowest BCUT2D eigenvalue weighted by Gasteiger charge is -2.47. The number of aromatic carboxylic acids is 1. The highest BCUT2D eigenvalue weighted by molar-refractivity contribution is 7.22. The smallest absolute Gasteiger partial charge is 0.416 e. The summed E-state index contributed by atoms with van der Waals surface area (Å²) in [7, 11) is 0. The Balaban J connectivity index is 0.000000138. The van der Waals surface area contributed by atoms with Crippen LogP contribution in [0.5, 0.6) is 0 Å². The quantitative estimate of drug-likeness (QED) is 0.115. The molecule has 14 nitrogen and oxygen atoms in total. The zero-order valence-corrected chi connectivity index (χ0v) is 46.7. The first-order valence-electron chi connectivity index (χ1n) is 24.5. The maximum atomic E-state index is 12.9. The molecule has 0 aliphatic carbocycles. The average molecular weight is 1240 g/mol. The van der Waals surface area contributed by atoms with Crippen molar-refractivity contribution in [3.8, 4) is 0 Å². The van der Waals surface area contributed by atoms with E-state index in [9.17, 15) is 63.5 Å². The number of piperazine rings is 2. The molecular formula is C52H44ClF9N8O6S5. The van der Waals surface area contributed by atoms with E-state index in [0.717, 1.165) is 123 Å². The first-order valence-corrected chi connectivity index (χ1v) is 29.1. The second-order valence-corrected chi connectivity index (χ2v) is 24.1. The van der Waals surface area contributed by atoms with Crippen LogP contribution in [0.2, 0.25) is 0 Å². The maximum absolute atomic E-state index is 12.9. The normalized spacial score (nSPS) is 16.6. The van der Waals surface area contributed by atoms with Gasteiger partial charge >= 0.3 is 24.5 Å². The van der Waals surface area contributed by atoms with Crippen molar-refractivity contribution < 1.29 is 68.6 Å². The number of rotatable bonds is 7. The molecule has 4 aliphatic heterocycles. The minimum absolute atomic E-state index is 0.0364. The lowest BCUT2D eigenvalue weighted by atomic mass is 10.1. The van der Waals surface area contributed by atoms with Crippen molar-refractivity contribution in [3.05, 3.63) is 137 Å². The highest BCUT2D eigenvalue weighted by Crippen LogP contribution is 2.38. The Kier molecular flexibility index (Phi) is 18.2. The van der Waals surface area contributed by atoms with Crippen LogP contribution in [-0.2, 0) is 18.5 Å². The Morgan fingerprint density at radius 3 is 1.25 bits per heavy atom. The van der Waals surface area contributed by atoms with Crippen LogP contribution >= 0.6 is 68.3 Å². The predicted molar refractivity (Wildman–Crippen MR) is 293 cm³/mol. The van der Waals surface area contributed by atoms with E-state index >= 15 is 0 Å². The Morgan fingerprint density at radius 1 is 0.506 bits per heavy atom. The van der Waals surface area contributed by atoms with Crippen LogP contribution in [0.3, 0.4) is 0 Å². The first-order chi connectivity index (χ1) is 38.4. The molecule has 0 unspecified atom stereocenters. The van der Waals surface area contributed by atoms with Gasteiger partial charge in [0.2, 0.25) is 0 Å². The van der Waals surface area contributed by atoms with E-state index in [-0.39, 0.29) is 33.5 Å². The number of carbonyl (C=O) groups is 5. The van der Waals surface area contributed by atoms with Crippen molar-refractivity contribution >= 4 is 127 Å². The van der Waals surface area contributed by atoms with Crippen LogP contribution in [0, 0.1) is 0 Å². The molecule has 2 N–H and O–H groups in total. The number of hydrogen-bond acceptors (Lipinski definition) is 15. The molecule has 29 heteroatoms. The van der Waals surface area contributed by atoms with E-state index in [4.69, 9.17) is 16.7 Å². The number of aromatic nitrogens is 2. The number of nitrogens with one attached hydrogen (secondary N) is 1. The summed E-state index contributed by atoms with van der Waals surface area (Å²) in [6, 6.07) is 15.5. The second-order valence-electron chi connectivity index (χ2n) is 18.7. The number of carbonyl (C=O) groups excluding carboxylic acids is 4. The summed E-state index contributed by atoms with van der Waals surface area (Å²) in [4.78, 5) is 77.9. The number of halogens is 10. The minimum Gasteiger partial charge on any atom is -0.477 e. The molecule has 4 saturated heterocycles. The molecule has 9 heterocycles. The molecule has 0 atom stereocenters. The van der Waals surface area contributed by atoms with Gasteiger partial charge in [0.15, 0.2) is 10.0 Å². The minimum atomic E-state index is -4.40. The Bertz CT molecular complexity index is 3440. The van der Waals surface area contributed by atoms with E-state index in [0.29, 0.717) is 77.4 Å². The van der Waals surface area contributed by atoms with Gasteiger partial charge < -0.3 is 25.1 Å². The van der Waals surface area contributed by atoms with Crippen molar-refractivity contribution in [1.82, 2.24) is 39.8 Å². The molecule has 4 aliphatic rings. The van der Waals surface area contributed by atoms with Crippen LogP contribution < -0.4 is 5.32 Å². The van der Waals surface area contributed by atoms with Gasteiger partial charge in [-0.2, -0.15) is 39.5 Å². The SMILES string of the molecule is O=C(Cl)c1cc2ccc(C(F)(F)F)cc2s1.O=C(O)c1cc2ccc(C(F)(F)F)cc2s1.O=C(c1cc2ccc(C(F)(F)F)cc2s1)N1CC(N2CCN(C(=O)c3nccs3)CC2)C1.O=C(c1nccs1)N1CCN(C2CNC2)CC1. The summed E-state index contributed by atoms with van der Waals surface area (Å²) in [5.41, 5.74) is -2.20. The summed E-state index contributed by atoms with van der Waals surface area (Å²) in [5, 5.41) is 17.8. The third kappa shape index (κ3) is 14.4. The largest absolute Gasteiger partial charge is 0.477 e. The van der Waals surface area contributed by atoms with Gasteiger partial charge in [-0.1, -0.05) is 18.2 Å². The lowest BCUT2D eigenvalue weighted by molar-refractivity contribution is -0.138. The third-order valence-electron chi connectivity index (χ3n) is 13.5. The molecule has 3 aromatic carbocycles. The molecule has 81 heavy (non-hydrogen) atoms. The number of amides is 3. The number of benzene rings is 3. The molecule has 0 radical (unpaired) electrons. The number of carboxylic acids is 1. The molecule has 0 saturated carbocycles. The van der Waals surface area contributed by atoms with Gasteiger partial charge in [0.05, 0.1) is 26.4 Å². The predicted octanol–water partition coefficient (Wildman–Crippen LogP) is 11.4. The van der Waals surface area contributed by atoms with E-state index in [1.54, 1.807) is 28.7 Å². The number of alkyl halides is 9. The van der Waals surface area contributed by atoms with E-state index in [1.165, 1.54) is 53.0 Å². The lowest BCUT2D eigenvalue weighted by Crippen LogP contribution is -2.64. The van der Waals surface area contributed by atoms with Gasteiger partial charge in [-0.3, -0.25) is 29.0 Å². The highest BCUT2D eigenvalue weighted by Gasteiger charge is 2.39. The van der Waals surface area contributed by atoms with Gasteiger partial charge in [-0.25, -0.2) is 14.8 Å². The number of hydrogen-bond donors (Lipinski definition) is 2. The first kappa shape index (κ1) is 59.5. The molecule has 5 aromatic heterocycles. The van der Waals surface area contributed by atoms with Crippen LogP contribution in [0.15, 0.2) is 96.0 Å². The van der Waals surface area contributed by atoms with Gasteiger partial charge in [-0.05, 0) is 82.4 Å². The molecule has 4 fully saturated rings. The molecule has 428 valence electrons. The number of thiophene rings is 3. The van der Waals surface area contributed by atoms with Crippen molar-refractivity contribution in [2.45, 2.75) is 30.6 Å². The summed E-state index contributed by atoms with van der Waals surface area (Å²) in [5.74, 6) is -1.22. The van der Waals surface area contributed by atoms with Gasteiger partial charge in [0.25, 0.3) is 23.0 Å². The molecule has 0 bridgehead atoms. The number of likely N-dealkylation sites (tertiary alicyclic amines) is 1. The van der Waals surface area contributed by atoms with Crippen molar-refractivity contribution in [2.75, 3.05) is 78.5 Å². The van der Waals surface area contributed by atoms with Crippen molar-refractivity contribution in [3.63, 3.8) is 0 Å². The van der Waals surface area contributed by atoms with Crippen molar-refractivity contribution in [1.29, 1.82) is 0 Å². The molecule has 0 spiro atoms. The van der Waals surface area contributed by atoms with Gasteiger partial charge in [-0.15, -0.1) is 56.7 Å². The van der Waals surface area contributed by atoms with Crippen LogP contribution in [-0.4, -0.2) is 159 Å². The van der Waals surface area contributed by atoms with Crippen molar-refractivity contribution in [2.24, 2.45) is 0 Å².